The van der Waals surface area contributed by atoms with E-state index in [1.165, 1.54) is 21.1 Å². The molecule has 39 heavy (non-hydrogen) atoms. The van der Waals surface area contributed by atoms with Gasteiger partial charge in [0.05, 0.1) is 19.5 Å². The Morgan fingerprint density at radius 3 is 2.26 bits per heavy atom. The molecular formula is C26H29N5O7S. The van der Waals surface area contributed by atoms with E-state index in [-0.39, 0.29) is 24.1 Å². The highest BCUT2D eigenvalue weighted by Gasteiger charge is 2.36. The van der Waals surface area contributed by atoms with Gasteiger partial charge in [0.1, 0.15) is 47.7 Å². The van der Waals surface area contributed by atoms with Crippen LogP contribution in [-0.2, 0) is 25.1 Å². The topological polar surface area (TPSA) is 149 Å². The number of methoxy groups -OCH3 is 2. The van der Waals surface area contributed by atoms with Crippen molar-refractivity contribution in [2.45, 2.75) is 37.9 Å². The third-order valence-corrected chi connectivity index (χ3v) is 8.08. The Hall–Kier alpha value is -4.10. The summed E-state index contributed by atoms with van der Waals surface area (Å²) in [5, 5.41) is 7.37. The third kappa shape index (κ3) is 5.83. The summed E-state index contributed by atoms with van der Waals surface area (Å²) in [6.45, 7) is 4.75. The molecule has 0 spiro atoms. The Bertz CT molecular complexity index is 1520. The molecule has 0 aliphatic carbocycles. The second-order valence-electron chi connectivity index (χ2n) is 8.75. The van der Waals surface area contributed by atoms with Crippen molar-refractivity contribution in [2.75, 3.05) is 20.8 Å². The summed E-state index contributed by atoms with van der Waals surface area (Å²) in [6.07, 6.45) is 2.57. The molecule has 13 heteroatoms. The highest BCUT2D eigenvalue weighted by atomic mass is 32.2. The van der Waals surface area contributed by atoms with Gasteiger partial charge in [-0.25, -0.2) is 18.4 Å². The number of carbonyl (C=O) groups excluding carboxylic acids is 1. The predicted molar refractivity (Wildman–Crippen MR) is 141 cm³/mol. The van der Waals surface area contributed by atoms with Gasteiger partial charge in [0.15, 0.2) is 27.2 Å². The molecule has 4 rings (SSSR count). The molecular weight excluding hydrogens is 526 g/mol. The first kappa shape index (κ1) is 27.9. The van der Waals surface area contributed by atoms with Gasteiger partial charge in [0.2, 0.25) is 5.82 Å². The smallest absolute Gasteiger partial charge is 0.204 e. The highest BCUT2D eigenvalue weighted by molar-refractivity contribution is 7.91. The molecule has 4 aromatic rings. The first-order valence-corrected chi connectivity index (χ1v) is 13.7. The largest absolute Gasteiger partial charge is 0.494 e. The molecule has 1 aromatic carbocycles. The number of furan rings is 1. The van der Waals surface area contributed by atoms with Crippen LogP contribution in [-0.4, -0.2) is 65.5 Å². The number of benzene rings is 1. The van der Waals surface area contributed by atoms with Crippen molar-refractivity contribution < 1.29 is 31.8 Å². The molecule has 0 aliphatic rings. The van der Waals surface area contributed by atoms with Crippen LogP contribution in [0.3, 0.4) is 0 Å². The minimum Gasteiger partial charge on any atom is -0.494 e. The van der Waals surface area contributed by atoms with Gasteiger partial charge < -0.3 is 23.4 Å². The number of aldehydes is 1. The molecule has 0 aliphatic heterocycles. The third-order valence-electron chi connectivity index (χ3n) is 6.04. The van der Waals surface area contributed by atoms with E-state index in [0.29, 0.717) is 35.0 Å². The average Bonchev–Trinajstić information content (AvgIpc) is 3.54. The van der Waals surface area contributed by atoms with E-state index in [2.05, 4.69) is 20.2 Å². The maximum absolute atomic E-state index is 13.8. The molecule has 3 aromatic heterocycles. The van der Waals surface area contributed by atoms with Gasteiger partial charge in [-0.05, 0) is 50.6 Å². The number of aryl methyl sites for hydroxylation is 2. The van der Waals surface area contributed by atoms with Crippen LogP contribution in [0.5, 0.6) is 11.5 Å². The number of hydrogen-bond acceptors (Lipinski definition) is 11. The van der Waals surface area contributed by atoms with Gasteiger partial charge in [-0.15, -0.1) is 10.2 Å². The van der Waals surface area contributed by atoms with Gasteiger partial charge in [-0.3, -0.25) is 4.57 Å². The van der Waals surface area contributed by atoms with Crippen LogP contribution in [0.15, 0.2) is 47.1 Å². The van der Waals surface area contributed by atoms with Crippen LogP contribution >= 0.6 is 0 Å². The molecule has 0 bridgehead atoms. The number of rotatable bonds is 12. The van der Waals surface area contributed by atoms with Crippen LogP contribution in [0.4, 0.5) is 0 Å². The lowest BCUT2D eigenvalue weighted by Gasteiger charge is -2.23. The Balaban J connectivity index is 1.82. The zero-order chi connectivity index (χ0) is 28.2. The van der Waals surface area contributed by atoms with E-state index >= 15 is 0 Å². The average molecular weight is 556 g/mol. The molecule has 0 amide bonds. The van der Waals surface area contributed by atoms with Crippen molar-refractivity contribution in [3.8, 4) is 28.8 Å². The summed E-state index contributed by atoms with van der Waals surface area (Å²) in [4.78, 5) is 19.5. The Kier molecular flexibility index (Phi) is 8.41. The van der Waals surface area contributed by atoms with E-state index in [0.717, 1.165) is 5.56 Å². The van der Waals surface area contributed by atoms with Gasteiger partial charge in [0, 0.05) is 12.4 Å². The van der Waals surface area contributed by atoms with Crippen LogP contribution in [0, 0.1) is 13.8 Å². The second kappa shape index (κ2) is 11.7. The fourth-order valence-corrected chi connectivity index (χ4v) is 5.41. The summed E-state index contributed by atoms with van der Waals surface area (Å²) >= 11 is 0. The van der Waals surface area contributed by atoms with Crippen molar-refractivity contribution in [3.63, 3.8) is 0 Å². The maximum atomic E-state index is 13.8. The molecule has 0 N–H and O–H groups in total. The molecule has 2 atom stereocenters. The first-order valence-electron chi connectivity index (χ1n) is 12.0. The molecule has 0 saturated carbocycles. The number of aromatic nitrogens is 5. The fourth-order valence-electron chi connectivity index (χ4n) is 4.02. The highest BCUT2D eigenvalue weighted by Crippen LogP contribution is 2.37. The summed E-state index contributed by atoms with van der Waals surface area (Å²) < 4.78 is 51.7. The normalized spacial score (nSPS) is 13.2. The van der Waals surface area contributed by atoms with Gasteiger partial charge >= 0.3 is 0 Å². The lowest BCUT2D eigenvalue weighted by atomic mass is 10.2. The van der Waals surface area contributed by atoms with Crippen LogP contribution in [0.1, 0.15) is 36.0 Å². The van der Waals surface area contributed by atoms with Gasteiger partial charge in [-0.2, -0.15) is 0 Å². The van der Waals surface area contributed by atoms with Crippen molar-refractivity contribution >= 4 is 16.1 Å². The fraction of sp³-hybridized carbons (Fsp3) is 0.346. The van der Waals surface area contributed by atoms with E-state index in [4.69, 9.17) is 18.6 Å². The summed E-state index contributed by atoms with van der Waals surface area (Å²) in [5.74, 6) is 1.81. The predicted octanol–water partition coefficient (Wildman–Crippen LogP) is 3.21. The molecule has 0 saturated heterocycles. The molecule has 0 unspecified atom stereocenters. The van der Waals surface area contributed by atoms with Crippen LogP contribution in [0.25, 0.3) is 17.3 Å². The Morgan fingerprint density at radius 2 is 1.69 bits per heavy atom. The molecule has 0 fully saturated rings. The SMILES string of the molecule is COc1cccc(OC)c1-n1c(CS(=O)(=O)[C@@H](C)[C@@H](OCC=O)c2ncc(C)cn2)nnc1-c1ccc(C)o1. The minimum atomic E-state index is -3.99. The molecule has 0 radical (unpaired) electrons. The number of ether oxygens (including phenoxy) is 3. The van der Waals surface area contributed by atoms with Gasteiger partial charge in [0.25, 0.3) is 0 Å². The number of nitrogens with zero attached hydrogens (tertiary/aromatic N) is 5. The second-order valence-corrected chi connectivity index (χ2v) is 11.1. The Morgan fingerprint density at radius 1 is 1.03 bits per heavy atom. The van der Waals surface area contributed by atoms with Gasteiger partial charge in [-0.1, -0.05) is 6.07 Å². The number of carbonyl (C=O) groups is 1. The monoisotopic (exact) mass is 555 g/mol. The molecule has 12 nitrogen and oxygen atoms in total. The molecule has 206 valence electrons. The van der Waals surface area contributed by atoms with Crippen LogP contribution in [0.2, 0.25) is 0 Å². The zero-order valence-corrected chi connectivity index (χ0v) is 23.0. The van der Waals surface area contributed by atoms with Crippen molar-refractivity contribution in [3.05, 3.63) is 65.7 Å². The first-order chi connectivity index (χ1) is 18.7. The van der Waals surface area contributed by atoms with E-state index in [1.807, 2.05) is 6.92 Å². The summed E-state index contributed by atoms with van der Waals surface area (Å²) in [7, 11) is -1.00. The Labute approximate surface area is 225 Å². The lowest BCUT2D eigenvalue weighted by Crippen LogP contribution is -2.31. The molecule has 3 heterocycles. The summed E-state index contributed by atoms with van der Waals surface area (Å²) in [5.41, 5.74) is 1.20. The van der Waals surface area contributed by atoms with Crippen LogP contribution < -0.4 is 9.47 Å². The number of para-hydroxylation sites is 1. The zero-order valence-electron chi connectivity index (χ0n) is 22.2. The standard InChI is InChI=1S/C26H29N5O7S/c1-16-13-27-25(28-14-16)24(37-12-11-32)18(3)39(33,34)15-22-29-30-26(21-10-9-17(2)38-21)31(22)23-19(35-4)7-6-8-20(23)36-5/h6-11,13-14,18,24H,12,15H2,1-5H3/t18-,24+/m0/s1. The van der Waals surface area contributed by atoms with Crippen molar-refractivity contribution in [1.82, 2.24) is 24.7 Å². The number of hydrogen-bond donors (Lipinski definition) is 0. The van der Waals surface area contributed by atoms with E-state index in [1.54, 1.807) is 54.2 Å². The minimum absolute atomic E-state index is 0.0904. The lowest BCUT2D eigenvalue weighted by molar-refractivity contribution is -0.114. The maximum Gasteiger partial charge on any atom is 0.204 e. The van der Waals surface area contributed by atoms with E-state index in [9.17, 15) is 13.2 Å². The van der Waals surface area contributed by atoms with E-state index < -0.39 is 26.9 Å². The van der Waals surface area contributed by atoms with Crippen molar-refractivity contribution in [1.29, 1.82) is 0 Å². The number of sulfone groups is 1. The van der Waals surface area contributed by atoms with Crippen molar-refractivity contribution in [2.24, 2.45) is 0 Å². The quantitative estimate of drug-likeness (QED) is 0.237. The summed E-state index contributed by atoms with van der Waals surface area (Å²) in [6, 6.07) is 8.67.